The molecule has 2 aromatic carbocycles. The second-order valence-electron chi connectivity index (χ2n) is 7.37. The molecule has 0 saturated heterocycles. The fourth-order valence-corrected chi connectivity index (χ4v) is 3.18. The van der Waals surface area contributed by atoms with Gasteiger partial charge in [0, 0.05) is 18.2 Å². The number of aromatic amines is 1. The Morgan fingerprint density at radius 1 is 0.971 bits per heavy atom. The molecule has 2 heterocycles. The number of aromatic nitrogens is 5. The Balaban J connectivity index is 1.44. The van der Waals surface area contributed by atoms with Crippen molar-refractivity contribution in [2.45, 2.75) is 12.6 Å². The molecule has 0 aliphatic heterocycles. The van der Waals surface area contributed by atoms with Gasteiger partial charge >= 0.3 is 0 Å². The average Bonchev–Trinajstić information content (AvgIpc) is 3.42. The van der Waals surface area contributed by atoms with Crippen molar-refractivity contribution >= 4 is 17.7 Å². The number of hydrogen-bond donors (Lipinski definition) is 4. The summed E-state index contributed by atoms with van der Waals surface area (Å²) in [5, 5.41) is 12.8. The number of hydrogen-bond acceptors (Lipinski definition) is 7. The number of rotatable bonds is 8. The van der Waals surface area contributed by atoms with E-state index in [2.05, 4.69) is 35.8 Å². The molecule has 5 N–H and O–H groups in total. The zero-order chi connectivity index (χ0) is 24.8. The van der Waals surface area contributed by atoms with Crippen LogP contribution in [0.4, 0.5) is 4.39 Å². The van der Waals surface area contributed by atoms with Gasteiger partial charge in [-0.1, -0.05) is 36.4 Å². The van der Waals surface area contributed by atoms with Crippen molar-refractivity contribution in [3.63, 3.8) is 0 Å². The van der Waals surface area contributed by atoms with E-state index in [4.69, 9.17) is 5.73 Å². The SMILES string of the molecule is NC(=O)[C@H](NC(=O)c1cc(C(=O)NCc2ccc(F)cc2)ncn1)c1ccc(-c2nnc[nH]2)cc1. The van der Waals surface area contributed by atoms with Gasteiger partial charge in [-0.3, -0.25) is 14.4 Å². The lowest BCUT2D eigenvalue weighted by atomic mass is 10.0. The van der Waals surface area contributed by atoms with Crippen LogP contribution in [0.25, 0.3) is 11.4 Å². The Hall–Kier alpha value is -5.00. The molecule has 0 spiro atoms. The lowest BCUT2D eigenvalue weighted by Gasteiger charge is -2.16. The second kappa shape index (κ2) is 10.3. The molecular weight excluding hydrogens is 455 g/mol. The minimum atomic E-state index is -1.14. The molecule has 0 fully saturated rings. The van der Waals surface area contributed by atoms with Gasteiger partial charge in [0.05, 0.1) is 0 Å². The average molecular weight is 474 g/mol. The second-order valence-corrected chi connectivity index (χ2v) is 7.37. The van der Waals surface area contributed by atoms with Gasteiger partial charge < -0.3 is 21.4 Å². The van der Waals surface area contributed by atoms with E-state index in [9.17, 15) is 18.8 Å². The van der Waals surface area contributed by atoms with Crippen LogP contribution >= 0.6 is 0 Å². The van der Waals surface area contributed by atoms with E-state index in [0.717, 1.165) is 11.9 Å². The van der Waals surface area contributed by atoms with Gasteiger partial charge in [0.25, 0.3) is 11.8 Å². The van der Waals surface area contributed by atoms with Crippen LogP contribution in [0.3, 0.4) is 0 Å². The molecule has 0 radical (unpaired) electrons. The number of carbonyl (C=O) groups excluding carboxylic acids is 3. The van der Waals surface area contributed by atoms with E-state index in [1.165, 1.54) is 36.7 Å². The summed E-state index contributed by atoms with van der Waals surface area (Å²) in [6.45, 7) is 0.137. The Labute approximate surface area is 198 Å². The Morgan fingerprint density at radius 2 is 1.66 bits per heavy atom. The fourth-order valence-electron chi connectivity index (χ4n) is 3.18. The third-order valence-electron chi connectivity index (χ3n) is 4.99. The van der Waals surface area contributed by atoms with E-state index >= 15 is 0 Å². The molecule has 0 aliphatic rings. The highest BCUT2D eigenvalue weighted by atomic mass is 19.1. The van der Waals surface area contributed by atoms with Gasteiger partial charge in [-0.15, -0.1) is 10.2 Å². The van der Waals surface area contributed by atoms with Gasteiger partial charge in [0.2, 0.25) is 5.91 Å². The Morgan fingerprint density at radius 3 is 2.29 bits per heavy atom. The number of primary amides is 1. The summed E-state index contributed by atoms with van der Waals surface area (Å²) in [7, 11) is 0. The smallest absolute Gasteiger partial charge is 0.270 e. The molecule has 2 aromatic heterocycles. The molecule has 3 amide bonds. The van der Waals surface area contributed by atoms with Gasteiger partial charge in [0.1, 0.15) is 35.9 Å². The van der Waals surface area contributed by atoms with Crippen molar-refractivity contribution < 1.29 is 18.8 Å². The van der Waals surface area contributed by atoms with E-state index < -0.39 is 23.8 Å². The maximum absolute atomic E-state index is 13.0. The molecule has 35 heavy (non-hydrogen) atoms. The summed E-state index contributed by atoms with van der Waals surface area (Å²) >= 11 is 0. The summed E-state index contributed by atoms with van der Waals surface area (Å²) in [4.78, 5) is 47.9. The maximum Gasteiger partial charge on any atom is 0.270 e. The van der Waals surface area contributed by atoms with E-state index in [0.29, 0.717) is 17.0 Å². The van der Waals surface area contributed by atoms with Crippen molar-refractivity contribution in [3.05, 3.63) is 95.6 Å². The highest BCUT2D eigenvalue weighted by molar-refractivity contribution is 5.99. The van der Waals surface area contributed by atoms with Crippen LogP contribution in [0.5, 0.6) is 0 Å². The first-order valence-electron chi connectivity index (χ1n) is 10.3. The summed E-state index contributed by atoms with van der Waals surface area (Å²) in [5.74, 6) is -1.89. The predicted octanol–water partition coefficient (Wildman–Crippen LogP) is 1.29. The number of benzene rings is 2. The molecule has 4 aromatic rings. The minimum absolute atomic E-state index is 0.0562. The molecule has 0 saturated carbocycles. The summed E-state index contributed by atoms with van der Waals surface area (Å²) in [6.07, 6.45) is 2.50. The minimum Gasteiger partial charge on any atom is -0.368 e. The number of nitrogens with two attached hydrogens (primary N) is 1. The topological polar surface area (TPSA) is 169 Å². The van der Waals surface area contributed by atoms with Crippen molar-refractivity contribution in [2.75, 3.05) is 0 Å². The Bertz CT molecular complexity index is 1340. The van der Waals surface area contributed by atoms with Crippen molar-refractivity contribution in [1.82, 2.24) is 35.8 Å². The summed E-state index contributed by atoms with van der Waals surface area (Å²) < 4.78 is 13.0. The molecule has 11 nitrogen and oxygen atoms in total. The summed E-state index contributed by atoms with van der Waals surface area (Å²) in [6, 6.07) is 12.4. The number of carbonyl (C=O) groups is 3. The van der Waals surface area contributed by atoms with E-state index in [1.807, 2.05) is 0 Å². The highest BCUT2D eigenvalue weighted by Crippen LogP contribution is 2.19. The molecule has 0 bridgehead atoms. The van der Waals surface area contributed by atoms with Crippen molar-refractivity contribution in [3.8, 4) is 11.4 Å². The molecular formula is C23H19FN8O3. The largest absolute Gasteiger partial charge is 0.368 e. The number of nitrogens with zero attached hydrogens (tertiary/aromatic N) is 4. The molecule has 1 atom stereocenters. The van der Waals surface area contributed by atoms with Gasteiger partial charge in [-0.2, -0.15) is 0 Å². The molecule has 0 unspecified atom stereocenters. The summed E-state index contributed by atoms with van der Waals surface area (Å²) in [5.41, 5.74) is 7.18. The van der Waals surface area contributed by atoms with Crippen LogP contribution in [0.15, 0.2) is 67.3 Å². The van der Waals surface area contributed by atoms with Gasteiger partial charge in [-0.05, 0) is 23.3 Å². The van der Waals surface area contributed by atoms with E-state index in [1.54, 1.807) is 24.3 Å². The number of amides is 3. The van der Waals surface area contributed by atoms with Crippen LogP contribution in [0, 0.1) is 5.82 Å². The van der Waals surface area contributed by atoms with Crippen LogP contribution in [0.2, 0.25) is 0 Å². The number of halogens is 1. The zero-order valence-electron chi connectivity index (χ0n) is 18.1. The van der Waals surface area contributed by atoms with Crippen molar-refractivity contribution in [1.29, 1.82) is 0 Å². The van der Waals surface area contributed by atoms with Gasteiger partial charge in [-0.25, -0.2) is 14.4 Å². The van der Waals surface area contributed by atoms with E-state index in [-0.39, 0.29) is 23.7 Å². The van der Waals surface area contributed by atoms with Crippen LogP contribution in [-0.4, -0.2) is 42.9 Å². The highest BCUT2D eigenvalue weighted by Gasteiger charge is 2.23. The first-order chi connectivity index (χ1) is 16.9. The molecule has 12 heteroatoms. The molecule has 0 aliphatic carbocycles. The van der Waals surface area contributed by atoms with Crippen molar-refractivity contribution in [2.24, 2.45) is 5.73 Å². The first kappa shape index (κ1) is 23.2. The fraction of sp³-hybridized carbons (Fsp3) is 0.0870. The molecule has 176 valence electrons. The third-order valence-corrected chi connectivity index (χ3v) is 4.99. The first-order valence-corrected chi connectivity index (χ1v) is 10.3. The monoisotopic (exact) mass is 474 g/mol. The van der Waals surface area contributed by atoms with Crippen LogP contribution in [-0.2, 0) is 11.3 Å². The molecule has 4 rings (SSSR count). The van der Waals surface area contributed by atoms with Gasteiger partial charge in [0.15, 0.2) is 5.82 Å². The Kier molecular flexibility index (Phi) is 6.81. The normalized spacial score (nSPS) is 11.5. The quantitative estimate of drug-likeness (QED) is 0.298. The van der Waals surface area contributed by atoms with Crippen LogP contribution < -0.4 is 16.4 Å². The maximum atomic E-state index is 13.0. The lowest BCUT2D eigenvalue weighted by molar-refractivity contribution is -0.120. The third kappa shape index (κ3) is 5.68. The zero-order valence-corrected chi connectivity index (χ0v) is 18.1. The lowest BCUT2D eigenvalue weighted by Crippen LogP contribution is -2.38. The predicted molar refractivity (Wildman–Crippen MR) is 121 cm³/mol. The number of nitrogens with one attached hydrogen (secondary N) is 3. The van der Waals surface area contributed by atoms with Crippen LogP contribution in [0.1, 0.15) is 38.1 Å². The number of H-pyrrole nitrogens is 1. The standard InChI is InChI=1S/C23H19FN8O3/c24-16-7-1-13(2-8-16)10-26-22(34)17-9-18(28-11-27-17)23(35)31-19(20(25)33)14-3-5-15(6-4-14)21-29-12-30-32-21/h1-9,11-12,19H,10H2,(H2,25,33)(H,26,34)(H,31,35)(H,29,30,32)/t19-/m1/s1.